The fourth-order valence-electron chi connectivity index (χ4n) is 5.48. The van der Waals surface area contributed by atoms with Gasteiger partial charge in [0.15, 0.2) is 0 Å². The molecular weight excluding hydrogens is 703 g/mol. The Balaban J connectivity index is 1.44. The molecule has 5 rings (SSSR count). The van der Waals surface area contributed by atoms with Crippen LogP contribution in [0, 0.1) is 5.92 Å². The molecule has 2 aromatic heterocycles. The van der Waals surface area contributed by atoms with Crippen LogP contribution in [0.15, 0.2) is 48.7 Å². The molecule has 1 aliphatic heterocycles. The van der Waals surface area contributed by atoms with Gasteiger partial charge in [-0.15, -0.1) is 0 Å². The molecule has 1 saturated heterocycles. The molecule has 2 aromatic carbocycles. The number of anilines is 3. The quantitative estimate of drug-likeness (QED) is 0.0883. The monoisotopic (exact) mass is 732 g/mol. The first kappa shape index (κ1) is 35.9. The number of hydrogen-bond donors (Lipinski definition) is 4. The SMILES string of the molecule is Cn1c(Nc2c(Cl)ccc(CNC(=O)c3cccc[n+]3O)c2Cl)nc2cc(C(=O)NCCC(F)(F)F)c(N3CCC(C(F)(F)F)CC3)cc21. The molecule has 0 spiro atoms. The van der Waals surface area contributed by atoms with E-state index in [0.29, 0.717) is 15.8 Å². The highest BCUT2D eigenvalue weighted by Crippen LogP contribution is 2.39. The van der Waals surface area contributed by atoms with Crippen molar-refractivity contribution >= 4 is 63.4 Å². The van der Waals surface area contributed by atoms with Crippen molar-refractivity contribution in [1.82, 2.24) is 20.2 Å². The molecule has 2 amide bonds. The van der Waals surface area contributed by atoms with E-state index in [9.17, 15) is 41.1 Å². The Kier molecular flexibility index (Phi) is 10.4. The number of imidazole rings is 1. The van der Waals surface area contributed by atoms with Crippen molar-refractivity contribution in [3.8, 4) is 0 Å². The summed E-state index contributed by atoms with van der Waals surface area (Å²) in [5, 5.41) is 18.2. The number of nitrogens with zero attached hydrogens (tertiary/aromatic N) is 4. The Bertz CT molecular complexity index is 1880. The van der Waals surface area contributed by atoms with Gasteiger partial charge in [0.2, 0.25) is 12.1 Å². The molecule has 3 heterocycles. The van der Waals surface area contributed by atoms with Crippen LogP contribution in [0.5, 0.6) is 0 Å². The van der Waals surface area contributed by atoms with Crippen molar-refractivity contribution in [1.29, 1.82) is 0 Å². The van der Waals surface area contributed by atoms with Crippen LogP contribution >= 0.6 is 23.2 Å². The number of aromatic nitrogens is 3. The number of carbonyl (C=O) groups excluding carboxylic acids is 2. The van der Waals surface area contributed by atoms with E-state index in [1.165, 1.54) is 18.3 Å². The average molecular weight is 734 g/mol. The van der Waals surface area contributed by atoms with Crippen LogP contribution < -0.4 is 25.6 Å². The second kappa shape index (κ2) is 14.2. The molecule has 18 heteroatoms. The molecule has 0 saturated carbocycles. The lowest BCUT2D eigenvalue weighted by Crippen LogP contribution is -2.41. The molecule has 4 aromatic rings. The van der Waals surface area contributed by atoms with E-state index in [1.807, 2.05) is 0 Å². The van der Waals surface area contributed by atoms with Crippen molar-refractivity contribution in [2.75, 3.05) is 29.9 Å². The first-order valence-electron chi connectivity index (χ1n) is 14.9. The fraction of sp³-hybridized carbons (Fsp3) is 0.355. The van der Waals surface area contributed by atoms with E-state index in [1.54, 1.807) is 46.8 Å². The largest absolute Gasteiger partial charge is 0.391 e. The lowest BCUT2D eigenvalue weighted by Gasteiger charge is -2.35. The van der Waals surface area contributed by atoms with Crippen molar-refractivity contribution in [2.45, 2.75) is 38.2 Å². The zero-order chi connectivity index (χ0) is 35.7. The summed E-state index contributed by atoms with van der Waals surface area (Å²) in [4.78, 5) is 31.9. The van der Waals surface area contributed by atoms with Gasteiger partial charge in [-0.05, 0) is 42.7 Å². The highest BCUT2D eigenvalue weighted by Gasteiger charge is 2.41. The number of aryl methyl sites for hydroxylation is 1. The summed E-state index contributed by atoms with van der Waals surface area (Å²) in [6.07, 6.45) is -9.27. The van der Waals surface area contributed by atoms with E-state index >= 15 is 0 Å². The number of hydrogen-bond acceptors (Lipinski definition) is 6. The number of amides is 2. The van der Waals surface area contributed by atoms with Gasteiger partial charge in [-0.25, -0.2) is 4.98 Å². The molecule has 0 bridgehead atoms. The number of fused-ring (bicyclic) bond motifs is 1. The first-order chi connectivity index (χ1) is 23.0. The molecule has 0 atom stereocenters. The van der Waals surface area contributed by atoms with Crippen LogP contribution in [-0.4, -0.2) is 58.6 Å². The predicted molar refractivity (Wildman–Crippen MR) is 169 cm³/mol. The van der Waals surface area contributed by atoms with E-state index in [2.05, 4.69) is 20.9 Å². The maximum atomic E-state index is 13.4. The normalized spacial score (nSPS) is 14.3. The Morgan fingerprint density at radius 1 is 1.02 bits per heavy atom. The number of carbonyl (C=O) groups is 2. The highest BCUT2D eigenvalue weighted by molar-refractivity contribution is 6.39. The van der Waals surface area contributed by atoms with E-state index in [0.717, 1.165) is 0 Å². The second-order valence-electron chi connectivity index (χ2n) is 11.4. The number of benzene rings is 2. The lowest BCUT2D eigenvalue weighted by atomic mass is 9.95. The summed E-state index contributed by atoms with van der Waals surface area (Å²) in [6, 6.07) is 10.6. The van der Waals surface area contributed by atoms with Gasteiger partial charge in [0.05, 0.1) is 50.4 Å². The number of nitrogens with one attached hydrogen (secondary N) is 3. The standard InChI is InChI=1S/C31H29Cl2F6N7O3/c1-44-24-15-23(45-12-7-18(8-13-45)31(37,38)39)19(27(47)40-10-9-30(34,35)36)14-21(24)42-29(44)43-26-20(32)6-5-17(25(26)33)16-41-28(48)22-4-2-3-11-46(22)49/h2-6,11,14-15,18H,7-10,12-13,16H2,1H3,(H3-,40,41,42,43,47,48,49)/p+1. The summed E-state index contributed by atoms with van der Waals surface area (Å²) < 4.78 is 80.7. The van der Waals surface area contributed by atoms with Gasteiger partial charge in [0, 0.05) is 50.1 Å². The molecular formula is C31H30Cl2F6N7O3+. The summed E-state index contributed by atoms with van der Waals surface area (Å²) in [5.41, 5.74) is 1.61. The molecule has 1 aliphatic rings. The number of pyridine rings is 1. The third kappa shape index (κ3) is 8.24. The topological polar surface area (TPSA) is 115 Å². The molecule has 1 fully saturated rings. The van der Waals surface area contributed by atoms with E-state index in [4.69, 9.17) is 23.2 Å². The van der Waals surface area contributed by atoms with Crippen molar-refractivity contribution < 1.29 is 45.9 Å². The predicted octanol–water partition coefficient (Wildman–Crippen LogP) is 6.54. The smallest absolute Gasteiger partial charge is 0.371 e. The molecule has 49 heavy (non-hydrogen) atoms. The van der Waals surface area contributed by atoms with Gasteiger partial charge in [-0.2, -0.15) is 26.3 Å². The van der Waals surface area contributed by atoms with Gasteiger partial charge in [-0.3, -0.25) is 14.8 Å². The molecule has 262 valence electrons. The number of piperidine rings is 1. The average Bonchev–Trinajstić information content (AvgIpc) is 3.34. The molecule has 0 radical (unpaired) electrons. The van der Waals surface area contributed by atoms with Crippen LogP contribution in [-0.2, 0) is 13.6 Å². The number of alkyl halides is 6. The third-order valence-corrected chi connectivity index (χ3v) is 8.90. The minimum atomic E-state index is -4.50. The van der Waals surface area contributed by atoms with Crippen molar-refractivity contribution in [3.63, 3.8) is 0 Å². The van der Waals surface area contributed by atoms with Crippen LogP contribution in [0.2, 0.25) is 10.0 Å². The van der Waals surface area contributed by atoms with Gasteiger partial charge in [0.1, 0.15) is 0 Å². The van der Waals surface area contributed by atoms with Crippen molar-refractivity contribution in [3.05, 3.63) is 75.5 Å². The highest BCUT2D eigenvalue weighted by atomic mass is 35.5. The zero-order valence-corrected chi connectivity index (χ0v) is 27.2. The molecule has 0 aliphatic carbocycles. The van der Waals surface area contributed by atoms with Crippen LogP contribution in [0.4, 0.5) is 43.7 Å². The molecule has 0 unspecified atom stereocenters. The Labute approximate surface area is 285 Å². The number of rotatable bonds is 9. The second-order valence-corrected chi connectivity index (χ2v) is 12.2. The van der Waals surface area contributed by atoms with Gasteiger partial charge in [0.25, 0.3) is 5.91 Å². The Hall–Kier alpha value is -4.44. The van der Waals surface area contributed by atoms with Crippen molar-refractivity contribution in [2.24, 2.45) is 13.0 Å². The summed E-state index contributed by atoms with van der Waals surface area (Å²) in [6.45, 7) is -0.788. The summed E-state index contributed by atoms with van der Waals surface area (Å²) >= 11 is 13.2. The van der Waals surface area contributed by atoms with E-state index in [-0.39, 0.29) is 76.6 Å². The maximum Gasteiger partial charge on any atom is 0.391 e. The zero-order valence-electron chi connectivity index (χ0n) is 25.7. The third-order valence-electron chi connectivity index (χ3n) is 8.15. The minimum Gasteiger partial charge on any atom is -0.371 e. The van der Waals surface area contributed by atoms with Crippen LogP contribution in [0.1, 0.15) is 45.7 Å². The first-order valence-corrected chi connectivity index (χ1v) is 15.7. The Morgan fingerprint density at radius 3 is 2.39 bits per heavy atom. The number of halogens is 8. The summed E-state index contributed by atoms with van der Waals surface area (Å²) in [7, 11) is 1.64. The van der Waals surface area contributed by atoms with Gasteiger partial charge < -0.3 is 25.4 Å². The molecule has 4 N–H and O–H groups in total. The van der Waals surface area contributed by atoms with Crippen LogP contribution in [0.3, 0.4) is 0 Å². The fourth-order valence-corrected chi connectivity index (χ4v) is 6.01. The summed E-state index contributed by atoms with van der Waals surface area (Å²) in [5.74, 6) is -2.72. The van der Waals surface area contributed by atoms with Gasteiger partial charge >= 0.3 is 24.0 Å². The van der Waals surface area contributed by atoms with Gasteiger partial charge in [-0.1, -0.05) is 29.3 Å². The maximum absolute atomic E-state index is 13.4. The minimum absolute atomic E-state index is 0.0110. The van der Waals surface area contributed by atoms with E-state index < -0.39 is 43.1 Å². The Morgan fingerprint density at radius 2 is 1.73 bits per heavy atom. The molecule has 10 nitrogen and oxygen atoms in total. The van der Waals surface area contributed by atoms with Crippen LogP contribution in [0.25, 0.3) is 11.0 Å². The lowest BCUT2D eigenvalue weighted by molar-refractivity contribution is -0.905.